The first kappa shape index (κ1) is 22.5. The molecule has 1 rings (SSSR count). The molecule has 0 saturated carbocycles. The fourth-order valence-electron chi connectivity index (χ4n) is 2.98. The van der Waals surface area contributed by atoms with E-state index >= 15 is 0 Å². The molecule has 26 heavy (non-hydrogen) atoms. The summed E-state index contributed by atoms with van der Waals surface area (Å²) in [7, 11) is 0. The first-order valence-electron chi connectivity index (χ1n) is 10.3. The Labute approximate surface area is 159 Å². The monoisotopic (exact) mass is 366 g/mol. The second-order valence-corrected chi connectivity index (χ2v) is 7.13. The minimum atomic E-state index is -0.206. The maximum atomic E-state index is 10.3. The van der Waals surface area contributed by atoms with Crippen LogP contribution in [0, 0.1) is 13.8 Å². The van der Waals surface area contributed by atoms with E-state index in [0.29, 0.717) is 24.5 Å². The summed E-state index contributed by atoms with van der Waals surface area (Å²) in [5.74, 6) is 0.540. The Bertz CT molecular complexity index is 479. The summed E-state index contributed by atoms with van der Waals surface area (Å²) < 4.78 is 11.8. The summed E-state index contributed by atoms with van der Waals surface area (Å²) in [5, 5.41) is 20.5. The summed E-state index contributed by atoms with van der Waals surface area (Å²) in [6, 6.07) is 0. The van der Waals surface area contributed by atoms with Gasteiger partial charge in [-0.1, -0.05) is 65.2 Å². The lowest BCUT2D eigenvalue weighted by Gasteiger charge is -2.19. The molecular formula is C22H38O4. The molecule has 0 aliphatic rings. The van der Waals surface area contributed by atoms with Gasteiger partial charge in [-0.05, 0) is 26.7 Å². The second kappa shape index (κ2) is 12.7. The van der Waals surface area contributed by atoms with Crippen LogP contribution in [0.1, 0.15) is 89.2 Å². The Balaban J connectivity index is 2.70. The standard InChI is InChI=1S/C22H38O4/c1-5-7-9-11-13-15-25-21-18(4)17(3)19(23)20(24)22(21)26-16-14-12-10-8-6-2/h23-24H,5-16H2,1-4H3. The van der Waals surface area contributed by atoms with Gasteiger partial charge in [0, 0.05) is 11.1 Å². The van der Waals surface area contributed by atoms with Crippen molar-refractivity contribution in [3.05, 3.63) is 11.1 Å². The van der Waals surface area contributed by atoms with Crippen molar-refractivity contribution in [2.24, 2.45) is 0 Å². The van der Waals surface area contributed by atoms with Gasteiger partial charge in [-0.15, -0.1) is 0 Å². The number of unbranched alkanes of at least 4 members (excludes halogenated alkanes) is 8. The molecule has 4 nitrogen and oxygen atoms in total. The van der Waals surface area contributed by atoms with E-state index in [1.165, 1.54) is 38.5 Å². The number of ether oxygens (including phenoxy) is 2. The second-order valence-electron chi connectivity index (χ2n) is 7.13. The van der Waals surface area contributed by atoms with Crippen LogP contribution < -0.4 is 9.47 Å². The smallest absolute Gasteiger partial charge is 0.207 e. The van der Waals surface area contributed by atoms with Gasteiger partial charge in [0.05, 0.1) is 13.2 Å². The number of benzene rings is 1. The molecule has 0 aliphatic carbocycles. The summed E-state index contributed by atoms with van der Waals surface area (Å²) in [6.07, 6.45) is 11.5. The lowest BCUT2D eigenvalue weighted by atomic mass is 10.1. The normalized spacial score (nSPS) is 10.9. The van der Waals surface area contributed by atoms with Crippen molar-refractivity contribution < 1.29 is 19.7 Å². The van der Waals surface area contributed by atoms with E-state index in [-0.39, 0.29) is 17.2 Å². The zero-order valence-electron chi connectivity index (χ0n) is 17.2. The minimum absolute atomic E-state index is 0.112. The molecule has 0 atom stereocenters. The van der Waals surface area contributed by atoms with E-state index in [4.69, 9.17) is 9.47 Å². The molecule has 0 heterocycles. The van der Waals surface area contributed by atoms with E-state index < -0.39 is 0 Å². The van der Waals surface area contributed by atoms with E-state index in [1.807, 2.05) is 6.92 Å². The third-order valence-corrected chi connectivity index (χ3v) is 4.89. The number of phenolic OH excluding ortho intramolecular Hbond substituents is 2. The van der Waals surface area contributed by atoms with Gasteiger partial charge in [-0.25, -0.2) is 0 Å². The third-order valence-electron chi connectivity index (χ3n) is 4.89. The molecule has 150 valence electrons. The highest BCUT2D eigenvalue weighted by atomic mass is 16.5. The van der Waals surface area contributed by atoms with E-state index in [0.717, 1.165) is 31.2 Å². The summed E-state index contributed by atoms with van der Waals surface area (Å²) >= 11 is 0. The molecule has 2 N–H and O–H groups in total. The van der Waals surface area contributed by atoms with Gasteiger partial charge in [0.15, 0.2) is 11.5 Å². The predicted octanol–water partition coefficient (Wildman–Crippen LogP) is 6.41. The van der Waals surface area contributed by atoms with Crippen LogP contribution in [0.2, 0.25) is 0 Å². The van der Waals surface area contributed by atoms with Crippen LogP contribution in [0.15, 0.2) is 0 Å². The molecule has 0 fully saturated rings. The van der Waals surface area contributed by atoms with E-state index in [2.05, 4.69) is 13.8 Å². The fourth-order valence-corrected chi connectivity index (χ4v) is 2.98. The highest BCUT2D eigenvalue weighted by Crippen LogP contribution is 2.48. The molecule has 0 aliphatic heterocycles. The van der Waals surface area contributed by atoms with Crippen LogP contribution in [-0.2, 0) is 0 Å². The molecule has 4 heteroatoms. The number of phenols is 2. The minimum Gasteiger partial charge on any atom is -0.504 e. The lowest BCUT2D eigenvalue weighted by molar-refractivity contribution is 0.244. The van der Waals surface area contributed by atoms with Crippen molar-refractivity contribution in [2.45, 2.75) is 91.9 Å². The van der Waals surface area contributed by atoms with Gasteiger partial charge in [-0.3, -0.25) is 0 Å². The maximum absolute atomic E-state index is 10.3. The van der Waals surface area contributed by atoms with Crippen LogP contribution in [-0.4, -0.2) is 23.4 Å². The molecule has 0 aromatic heterocycles. The van der Waals surface area contributed by atoms with Crippen molar-refractivity contribution >= 4 is 0 Å². The number of hydrogen-bond acceptors (Lipinski definition) is 4. The Hall–Kier alpha value is -1.58. The molecular weight excluding hydrogens is 328 g/mol. The molecule has 0 spiro atoms. The Morgan fingerprint density at radius 3 is 1.54 bits per heavy atom. The van der Waals surface area contributed by atoms with Crippen molar-refractivity contribution in [1.29, 1.82) is 0 Å². The Kier molecular flexibility index (Phi) is 11.0. The summed E-state index contributed by atoms with van der Waals surface area (Å²) in [4.78, 5) is 0. The highest BCUT2D eigenvalue weighted by molar-refractivity contribution is 5.65. The van der Waals surface area contributed by atoms with Gasteiger partial charge < -0.3 is 19.7 Å². The molecule has 0 amide bonds. The van der Waals surface area contributed by atoms with Gasteiger partial charge in [0.2, 0.25) is 11.5 Å². The lowest BCUT2D eigenvalue weighted by Crippen LogP contribution is -2.05. The van der Waals surface area contributed by atoms with Gasteiger partial charge in [0.25, 0.3) is 0 Å². The zero-order valence-corrected chi connectivity index (χ0v) is 17.2. The Morgan fingerprint density at radius 2 is 1.04 bits per heavy atom. The average molecular weight is 367 g/mol. The zero-order chi connectivity index (χ0) is 19.4. The molecule has 1 aromatic rings. The summed E-state index contributed by atoms with van der Waals surface area (Å²) in [6.45, 7) is 9.20. The highest BCUT2D eigenvalue weighted by Gasteiger charge is 2.22. The molecule has 0 unspecified atom stereocenters. The number of rotatable bonds is 14. The fraction of sp³-hybridized carbons (Fsp3) is 0.727. The topological polar surface area (TPSA) is 58.9 Å². The largest absolute Gasteiger partial charge is 0.504 e. The van der Waals surface area contributed by atoms with Crippen LogP contribution in [0.3, 0.4) is 0 Å². The van der Waals surface area contributed by atoms with Gasteiger partial charge >= 0.3 is 0 Å². The molecule has 1 aromatic carbocycles. The van der Waals surface area contributed by atoms with Crippen LogP contribution >= 0.6 is 0 Å². The van der Waals surface area contributed by atoms with E-state index in [1.54, 1.807) is 6.92 Å². The van der Waals surface area contributed by atoms with Crippen LogP contribution in [0.5, 0.6) is 23.0 Å². The quantitative estimate of drug-likeness (QED) is 0.295. The van der Waals surface area contributed by atoms with Gasteiger partial charge in [-0.2, -0.15) is 0 Å². The average Bonchev–Trinajstić information content (AvgIpc) is 2.64. The number of aromatic hydroxyl groups is 2. The molecule has 0 bridgehead atoms. The van der Waals surface area contributed by atoms with Crippen molar-refractivity contribution in [2.75, 3.05) is 13.2 Å². The summed E-state index contributed by atoms with van der Waals surface area (Å²) in [5.41, 5.74) is 1.47. The van der Waals surface area contributed by atoms with Gasteiger partial charge in [0.1, 0.15) is 0 Å². The first-order chi connectivity index (χ1) is 12.5. The SMILES string of the molecule is CCCCCCCOc1c(C)c(C)c(O)c(O)c1OCCCCCCC. The first-order valence-corrected chi connectivity index (χ1v) is 10.3. The van der Waals surface area contributed by atoms with Crippen LogP contribution in [0.4, 0.5) is 0 Å². The predicted molar refractivity (Wildman–Crippen MR) is 108 cm³/mol. The van der Waals surface area contributed by atoms with Crippen molar-refractivity contribution in [1.82, 2.24) is 0 Å². The molecule has 0 radical (unpaired) electrons. The van der Waals surface area contributed by atoms with Crippen molar-refractivity contribution in [3.63, 3.8) is 0 Å². The molecule has 0 saturated heterocycles. The van der Waals surface area contributed by atoms with Crippen molar-refractivity contribution in [3.8, 4) is 23.0 Å². The Morgan fingerprint density at radius 1 is 0.577 bits per heavy atom. The van der Waals surface area contributed by atoms with E-state index in [9.17, 15) is 10.2 Å². The van der Waals surface area contributed by atoms with Crippen LogP contribution in [0.25, 0.3) is 0 Å². The maximum Gasteiger partial charge on any atom is 0.207 e. The number of hydrogen-bond donors (Lipinski definition) is 2. The third kappa shape index (κ3) is 6.97.